The zero-order valence-corrected chi connectivity index (χ0v) is 14.4. The summed E-state index contributed by atoms with van der Waals surface area (Å²) in [6.07, 6.45) is 2.40. The topological polar surface area (TPSA) is 84.8 Å². The number of piperazine rings is 1. The van der Waals surface area contributed by atoms with Crippen LogP contribution in [0.15, 0.2) is 12.4 Å². The van der Waals surface area contributed by atoms with Gasteiger partial charge in [-0.3, -0.25) is 4.90 Å². The van der Waals surface area contributed by atoms with Crippen molar-refractivity contribution in [1.29, 1.82) is 0 Å². The molecular weight excluding hydrogens is 294 g/mol. The van der Waals surface area contributed by atoms with E-state index in [1.807, 2.05) is 13.0 Å². The molecule has 0 saturated carbocycles. The fourth-order valence-corrected chi connectivity index (χ4v) is 3.01. The van der Waals surface area contributed by atoms with Crippen molar-refractivity contribution in [3.8, 4) is 0 Å². The van der Waals surface area contributed by atoms with Gasteiger partial charge in [0.05, 0.1) is 19.3 Å². The highest BCUT2D eigenvalue weighted by molar-refractivity contribution is 5.49. The summed E-state index contributed by atoms with van der Waals surface area (Å²) in [5.41, 5.74) is -0.0173. The molecule has 2 heterocycles. The van der Waals surface area contributed by atoms with Crippen molar-refractivity contribution in [3.05, 3.63) is 12.4 Å². The molecule has 1 aliphatic rings. The quantitative estimate of drug-likeness (QED) is 0.676. The van der Waals surface area contributed by atoms with Gasteiger partial charge in [-0.2, -0.15) is 0 Å². The molecule has 130 valence electrons. The standard InChI is InChI=1S/C16H29N5O2/c1-4-13(10-23)19-14-9-15(18-12-17-14)20-5-6-21(7-8-22)16(2,3)11-20/h9,12-13,22-23H,4-8,10-11H2,1-3H3,(H,17,18,19). The summed E-state index contributed by atoms with van der Waals surface area (Å²) in [6.45, 7) is 9.99. The van der Waals surface area contributed by atoms with E-state index < -0.39 is 0 Å². The van der Waals surface area contributed by atoms with Crippen molar-refractivity contribution in [2.45, 2.75) is 38.8 Å². The van der Waals surface area contributed by atoms with Crippen LogP contribution in [0.4, 0.5) is 11.6 Å². The second-order valence-corrected chi connectivity index (χ2v) is 6.64. The number of rotatable bonds is 7. The molecule has 1 saturated heterocycles. The summed E-state index contributed by atoms with van der Waals surface area (Å²) in [5, 5.41) is 21.7. The molecule has 3 N–H and O–H groups in total. The Balaban J connectivity index is 2.08. The molecule has 23 heavy (non-hydrogen) atoms. The number of nitrogens with one attached hydrogen (secondary N) is 1. The van der Waals surface area contributed by atoms with E-state index in [0.717, 1.165) is 37.7 Å². The summed E-state index contributed by atoms with van der Waals surface area (Å²) in [6, 6.07) is 1.95. The van der Waals surface area contributed by atoms with Gasteiger partial charge in [0.2, 0.25) is 0 Å². The van der Waals surface area contributed by atoms with E-state index in [-0.39, 0.29) is 24.8 Å². The molecular formula is C16H29N5O2. The lowest BCUT2D eigenvalue weighted by Crippen LogP contribution is -2.60. The molecule has 0 radical (unpaired) electrons. The monoisotopic (exact) mass is 323 g/mol. The van der Waals surface area contributed by atoms with Crippen LogP contribution in [-0.2, 0) is 0 Å². The molecule has 0 aliphatic carbocycles. The molecule has 0 spiro atoms. The largest absolute Gasteiger partial charge is 0.395 e. The third kappa shape index (κ3) is 4.53. The average Bonchev–Trinajstić information content (AvgIpc) is 2.54. The molecule has 0 amide bonds. The lowest BCUT2D eigenvalue weighted by molar-refractivity contribution is 0.0810. The van der Waals surface area contributed by atoms with Crippen molar-refractivity contribution in [1.82, 2.24) is 14.9 Å². The highest BCUT2D eigenvalue weighted by Gasteiger charge is 2.33. The summed E-state index contributed by atoms with van der Waals surface area (Å²) in [7, 11) is 0. The Labute approximate surface area is 138 Å². The lowest BCUT2D eigenvalue weighted by Gasteiger charge is -2.47. The minimum atomic E-state index is -0.0173. The Morgan fingerprint density at radius 2 is 2.09 bits per heavy atom. The van der Waals surface area contributed by atoms with Gasteiger partial charge in [-0.1, -0.05) is 6.92 Å². The van der Waals surface area contributed by atoms with Gasteiger partial charge in [0.15, 0.2) is 0 Å². The maximum atomic E-state index is 9.31. The molecule has 2 rings (SSSR count). The molecule has 1 unspecified atom stereocenters. The van der Waals surface area contributed by atoms with E-state index in [1.165, 1.54) is 0 Å². The molecule has 1 aliphatic heterocycles. The van der Waals surface area contributed by atoms with E-state index in [0.29, 0.717) is 6.54 Å². The van der Waals surface area contributed by atoms with Crippen LogP contribution in [0, 0.1) is 0 Å². The first-order chi connectivity index (χ1) is 11.0. The van der Waals surface area contributed by atoms with Gasteiger partial charge >= 0.3 is 0 Å². The highest BCUT2D eigenvalue weighted by Crippen LogP contribution is 2.25. The highest BCUT2D eigenvalue weighted by atomic mass is 16.3. The van der Waals surface area contributed by atoms with Crippen LogP contribution in [0.3, 0.4) is 0 Å². The number of nitrogens with zero attached hydrogens (tertiary/aromatic N) is 4. The van der Waals surface area contributed by atoms with Crippen LogP contribution in [-0.4, -0.2) is 76.1 Å². The number of hydrogen-bond donors (Lipinski definition) is 3. The molecule has 1 aromatic rings. The van der Waals surface area contributed by atoms with Gasteiger partial charge in [-0.05, 0) is 20.3 Å². The predicted octanol–water partition coefficient (Wildman–Crippen LogP) is 0.552. The molecule has 0 bridgehead atoms. The fraction of sp³-hybridized carbons (Fsp3) is 0.750. The van der Waals surface area contributed by atoms with E-state index in [9.17, 15) is 10.2 Å². The number of anilines is 2. The second kappa shape index (κ2) is 7.90. The third-order valence-corrected chi connectivity index (χ3v) is 4.49. The average molecular weight is 323 g/mol. The Bertz CT molecular complexity index is 493. The number of aliphatic hydroxyl groups is 2. The number of aromatic nitrogens is 2. The van der Waals surface area contributed by atoms with Gasteiger partial charge in [0.25, 0.3) is 0 Å². The second-order valence-electron chi connectivity index (χ2n) is 6.64. The van der Waals surface area contributed by atoms with Crippen LogP contribution in [0.25, 0.3) is 0 Å². The first kappa shape index (κ1) is 17.9. The number of hydrogen-bond acceptors (Lipinski definition) is 7. The summed E-state index contributed by atoms with van der Waals surface area (Å²) >= 11 is 0. The molecule has 1 aromatic heterocycles. The number of β-amino-alcohol motifs (C(OH)–C–C–N with tert-alkyl or cyclic N) is 1. The van der Waals surface area contributed by atoms with Gasteiger partial charge < -0.3 is 20.4 Å². The molecule has 7 nitrogen and oxygen atoms in total. The predicted molar refractivity (Wildman–Crippen MR) is 91.8 cm³/mol. The molecule has 1 fully saturated rings. The summed E-state index contributed by atoms with van der Waals surface area (Å²) < 4.78 is 0. The zero-order chi connectivity index (χ0) is 16.9. The Hall–Kier alpha value is -1.44. The van der Waals surface area contributed by atoms with Gasteiger partial charge in [-0.25, -0.2) is 9.97 Å². The minimum Gasteiger partial charge on any atom is -0.395 e. The van der Waals surface area contributed by atoms with Gasteiger partial charge in [0, 0.05) is 37.8 Å². The van der Waals surface area contributed by atoms with E-state index in [4.69, 9.17) is 0 Å². The van der Waals surface area contributed by atoms with Gasteiger partial charge in [0.1, 0.15) is 18.0 Å². The van der Waals surface area contributed by atoms with Crippen molar-refractivity contribution < 1.29 is 10.2 Å². The SMILES string of the molecule is CCC(CO)Nc1cc(N2CCN(CCO)C(C)(C)C2)ncn1. The molecule has 1 atom stereocenters. The smallest absolute Gasteiger partial charge is 0.134 e. The van der Waals surface area contributed by atoms with Crippen molar-refractivity contribution in [2.75, 3.05) is 49.6 Å². The zero-order valence-electron chi connectivity index (χ0n) is 14.4. The van der Waals surface area contributed by atoms with E-state index >= 15 is 0 Å². The van der Waals surface area contributed by atoms with Crippen molar-refractivity contribution in [3.63, 3.8) is 0 Å². The minimum absolute atomic E-state index is 0.00981. The Morgan fingerprint density at radius 3 is 2.70 bits per heavy atom. The number of aliphatic hydroxyl groups excluding tert-OH is 2. The normalized spacial score (nSPS) is 19.6. The fourth-order valence-electron chi connectivity index (χ4n) is 3.01. The van der Waals surface area contributed by atoms with E-state index in [2.05, 4.69) is 38.9 Å². The Kier molecular flexibility index (Phi) is 6.15. The summed E-state index contributed by atoms with van der Waals surface area (Å²) in [4.78, 5) is 13.2. The maximum Gasteiger partial charge on any atom is 0.134 e. The van der Waals surface area contributed by atoms with Gasteiger partial charge in [-0.15, -0.1) is 0 Å². The first-order valence-corrected chi connectivity index (χ1v) is 8.30. The van der Waals surface area contributed by atoms with Crippen LogP contribution >= 0.6 is 0 Å². The Morgan fingerprint density at radius 1 is 1.30 bits per heavy atom. The van der Waals surface area contributed by atoms with E-state index in [1.54, 1.807) is 6.33 Å². The maximum absolute atomic E-state index is 9.31. The lowest BCUT2D eigenvalue weighted by atomic mass is 9.99. The third-order valence-electron chi connectivity index (χ3n) is 4.49. The van der Waals surface area contributed by atoms with Crippen LogP contribution < -0.4 is 10.2 Å². The van der Waals surface area contributed by atoms with Crippen LogP contribution in [0.2, 0.25) is 0 Å². The van der Waals surface area contributed by atoms with Crippen molar-refractivity contribution in [2.24, 2.45) is 0 Å². The van der Waals surface area contributed by atoms with Crippen LogP contribution in [0.5, 0.6) is 0 Å². The molecule has 0 aromatic carbocycles. The van der Waals surface area contributed by atoms with Crippen molar-refractivity contribution >= 4 is 11.6 Å². The molecule has 7 heteroatoms. The summed E-state index contributed by atoms with van der Waals surface area (Å²) in [5.74, 6) is 1.64. The van der Waals surface area contributed by atoms with Crippen LogP contribution in [0.1, 0.15) is 27.2 Å². The first-order valence-electron chi connectivity index (χ1n) is 8.30.